The van der Waals surface area contributed by atoms with Crippen molar-refractivity contribution in [2.45, 2.75) is 37.8 Å². The van der Waals surface area contributed by atoms with Gasteiger partial charge in [0.15, 0.2) is 5.82 Å². The summed E-state index contributed by atoms with van der Waals surface area (Å²) in [7, 11) is 4.59. The minimum absolute atomic E-state index is 0.689. The number of rotatable bonds is 4. The normalized spacial score (nSPS) is 19.1. The van der Waals surface area contributed by atoms with E-state index in [0.29, 0.717) is 11.1 Å². The number of likely N-dealkylation sites (tertiary alicyclic amines) is 1. The molecule has 0 spiro atoms. The molecule has 4 aromatic rings. The van der Waals surface area contributed by atoms with Crippen molar-refractivity contribution < 1.29 is 0 Å². The smallest absolute Gasteiger partial charge is 0.159 e. The Kier molecular flexibility index (Phi) is 5.71. The minimum atomic E-state index is 0.689. The zero-order valence-corrected chi connectivity index (χ0v) is 20.6. The topological polar surface area (TPSA) is 67.1 Å². The lowest BCUT2D eigenvalue weighted by atomic mass is 9.97. The number of halogens is 1. The number of aromatic amines is 2. The molecule has 2 N–H and O–H groups in total. The number of imidazole rings is 1. The highest BCUT2D eigenvalue weighted by Gasteiger charge is 2.29. The van der Waals surface area contributed by atoms with Gasteiger partial charge >= 0.3 is 0 Å². The highest BCUT2D eigenvalue weighted by molar-refractivity contribution is 6.31. The van der Waals surface area contributed by atoms with Crippen molar-refractivity contribution in [3.8, 4) is 11.5 Å². The summed E-state index contributed by atoms with van der Waals surface area (Å²) < 4.78 is 0. The highest BCUT2D eigenvalue weighted by Crippen LogP contribution is 2.31. The maximum absolute atomic E-state index is 6.12. The van der Waals surface area contributed by atoms with Crippen molar-refractivity contribution in [2.24, 2.45) is 0 Å². The van der Waals surface area contributed by atoms with Crippen molar-refractivity contribution in [3.05, 3.63) is 41.4 Å². The lowest BCUT2D eigenvalue weighted by Crippen LogP contribution is -2.50. The zero-order valence-electron chi connectivity index (χ0n) is 19.9. The molecule has 0 aliphatic carbocycles. The van der Waals surface area contributed by atoms with E-state index in [9.17, 15) is 0 Å². The Morgan fingerprint density at radius 1 is 0.941 bits per heavy atom. The van der Waals surface area contributed by atoms with Gasteiger partial charge in [0.1, 0.15) is 5.69 Å². The SMILES string of the molecule is CN1CCC(N(C)C2CCN(c3ccc4nc(-c5n[nH]c6cc(Cl)ccc56)[nH]c4c3)CC2)CC1. The second kappa shape index (κ2) is 8.87. The minimum Gasteiger partial charge on any atom is -0.371 e. The maximum Gasteiger partial charge on any atom is 0.159 e. The summed E-state index contributed by atoms with van der Waals surface area (Å²) in [6, 6.07) is 13.7. The van der Waals surface area contributed by atoms with E-state index in [2.05, 4.69) is 62.2 Å². The fourth-order valence-corrected chi connectivity index (χ4v) is 5.88. The first-order valence-electron chi connectivity index (χ1n) is 12.3. The van der Waals surface area contributed by atoms with Gasteiger partial charge in [-0.3, -0.25) is 5.10 Å². The number of nitrogens with one attached hydrogen (secondary N) is 2. The average Bonchev–Trinajstić information content (AvgIpc) is 3.47. The molecule has 2 aromatic heterocycles. The molecule has 4 heterocycles. The van der Waals surface area contributed by atoms with Crippen molar-refractivity contribution in [3.63, 3.8) is 0 Å². The number of nitrogens with zero attached hydrogens (tertiary/aromatic N) is 5. The summed E-state index contributed by atoms with van der Waals surface area (Å²) >= 11 is 6.12. The van der Waals surface area contributed by atoms with Crippen molar-refractivity contribution in [1.29, 1.82) is 0 Å². The van der Waals surface area contributed by atoms with Crippen LogP contribution in [0.5, 0.6) is 0 Å². The van der Waals surface area contributed by atoms with E-state index in [0.717, 1.165) is 52.6 Å². The first kappa shape index (κ1) is 21.9. The van der Waals surface area contributed by atoms with Gasteiger partial charge < -0.3 is 19.7 Å². The van der Waals surface area contributed by atoms with Crippen LogP contribution in [0.4, 0.5) is 5.69 Å². The summed E-state index contributed by atoms with van der Waals surface area (Å²) in [5.74, 6) is 0.777. The number of benzene rings is 2. The van der Waals surface area contributed by atoms with Gasteiger partial charge in [-0.05, 0) is 89.3 Å². The fourth-order valence-electron chi connectivity index (χ4n) is 5.71. The largest absolute Gasteiger partial charge is 0.371 e. The number of hydrogen-bond donors (Lipinski definition) is 2. The van der Waals surface area contributed by atoms with Crippen LogP contribution in [0, 0.1) is 0 Å². The Labute approximate surface area is 205 Å². The summed E-state index contributed by atoms with van der Waals surface area (Å²) in [6.45, 7) is 4.64. The number of anilines is 1. The lowest BCUT2D eigenvalue weighted by Gasteiger charge is -2.43. The van der Waals surface area contributed by atoms with Gasteiger partial charge in [-0.25, -0.2) is 4.98 Å². The molecular weight excluding hydrogens is 446 g/mol. The Morgan fingerprint density at radius 2 is 1.68 bits per heavy atom. The molecule has 178 valence electrons. The van der Waals surface area contributed by atoms with Crippen LogP contribution in [0.25, 0.3) is 33.5 Å². The van der Waals surface area contributed by atoms with Crippen LogP contribution in [-0.4, -0.2) is 82.3 Å². The molecule has 7 nitrogen and oxygen atoms in total. The molecule has 0 unspecified atom stereocenters. The van der Waals surface area contributed by atoms with Gasteiger partial charge in [-0.1, -0.05) is 11.6 Å². The van der Waals surface area contributed by atoms with Gasteiger partial charge in [-0.15, -0.1) is 0 Å². The van der Waals surface area contributed by atoms with E-state index in [1.165, 1.54) is 44.5 Å². The standard InChI is InChI=1S/C26H32ClN7/c1-32-11-7-18(8-12-32)33(2)19-9-13-34(14-10-19)20-4-6-22-24(16-20)29-26(28-22)25-21-5-3-17(27)15-23(21)30-31-25/h3-6,15-16,18-19H,7-14H2,1-2H3,(H,28,29)(H,30,31). The molecule has 2 aliphatic heterocycles. The lowest BCUT2D eigenvalue weighted by molar-refractivity contribution is 0.0947. The van der Waals surface area contributed by atoms with E-state index in [1.807, 2.05) is 18.2 Å². The summed E-state index contributed by atoms with van der Waals surface area (Å²) in [5, 5.41) is 9.26. The first-order valence-corrected chi connectivity index (χ1v) is 12.7. The molecule has 2 fully saturated rings. The zero-order chi connectivity index (χ0) is 23.2. The molecule has 0 saturated carbocycles. The number of aromatic nitrogens is 4. The number of piperidine rings is 2. The van der Waals surface area contributed by atoms with Gasteiger partial charge in [-0.2, -0.15) is 5.10 Å². The third kappa shape index (κ3) is 4.06. The van der Waals surface area contributed by atoms with Crippen LogP contribution in [-0.2, 0) is 0 Å². The summed E-state index contributed by atoms with van der Waals surface area (Å²) in [4.78, 5) is 15.9. The van der Waals surface area contributed by atoms with E-state index in [4.69, 9.17) is 16.6 Å². The molecule has 0 atom stereocenters. The Morgan fingerprint density at radius 3 is 2.44 bits per heavy atom. The second-order valence-electron chi connectivity index (χ2n) is 9.97. The molecule has 0 amide bonds. The monoisotopic (exact) mass is 477 g/mol. The van der Waals surface area contributed by atoms with Gasteiger partial charge in [0, 0.05) is 41.3 Å². The molecule has 6 rings (SSSR count). The molecule has 8 heteroatoms. The molecule has 2 aromatic carbocycles. The van der Waals surface area contributed by atoms with Gasteiger partial charge in [0.2, 0.25) is 0 Å². The van der Waals surface area contributed by atoms with Crippen molar-refractivity contribution >= 4 is 39.2 Å². The predicted molar refractivity (Wildman–Crippen MR) is 140 cm³/mol. The van der Waals surface area contributed by atoms with Crippen LogP contribution in [0.1, 0.15) is 25.7 Å². The Balaban J connectivity index is 1.16. The number of fused-ring (bicyclic) bond motifs is 2. The van der Waals surface area contributed by atoms with Gasteiger partial charge in [0.05, 0.1) is 16.6 Å². The van der Waals surface area contributed by atoms with Crippen LogP contribution in [0.15, 0.2) is 36.4 Å². The third-order valence-electron chi connectivity index (χ3n) is 7.88. The van der Waals surface area contributed by atoms with E-state index >= 15 is 0 Å². The molecule has 2 saturated heterocycles. The molecule has 0 bridgehead atoms. The number of hydrogen-bond acceptors (Lipinski definition) is 5. The van der Waals surface area contributed by atoms with E-state index in [1.54, 1.807) is 0 Å². The quantitative estimate of drug-likeness (QED) is 0.444. The molecule has 2 aliphatic rings. The fraction of sp³-hybridized carbons (Fsp3) is 0.462. The highest BCUT2D eigenvalue weighted by atomic mass is 35.5. The Bertz CT molecular complexity index is 1300. The van der Waals surface area contributed by atoms with Crippen LogP contribution < -0.4 is 4.90 Å². The molecule has 34 heavy (non-hydrogen) atoms. The third-order valence-corrected chi connectivity index (χ3v) is 8.12. The second-order valence-corrected chi connectivity index (χ2v) is 10.4. The van der Waals surface area contributed by atoms with Gasteiger partial charge in [0.25, 0.3) is 0 Å². The van der Waals surface area contributed by atoms with Crippen LogP contribution in [0.2, 0.25) is 5.02 Å². The van der Waals surface area contributed by atoms with E-state index < -0.39 is 0 Å². The maximum atomic E-state index is 6.12. The first-order chi connectivity index (χ1) is 16.5. The summed E-state index contributed by atoms with van der Waals surface area (Å²) in [6.07, 6.45) is 5.03. The average molecular weight is 478 g/mol. The predicted octanol–water partition coefficient (Wildman–Crippen LogP) is 4.75. The number of H-pyrrole nitrogens is 2. The molecular formula is C26H32ClN7. The van der Waals surface area contributed by atoms with Crippen molar-refractivity contribution in [2.75, 3.05) is 45.2 Å². The van der Waals surface area contributed by atoms with Crippen LogP contribution >= 0.6 is 11.6 Å². The Hall–Kier alpha value is -2.61. The summed E-state index contributed by atoms with van der Waals surface area (Å²) in [5.41, 5.74) is 5.00. The van der Waals surface area contributed by atoms with Crippen molar-refractivity contribution in [1.82, 2.24) is 30.0 Å². The molecule has 0 radical (unpaired) electrons. The van der Waals surface area contributed by atoms with Crippen LogP contribution in [0.3, 0.4) is 0 Å². The van der Waals surface area contributed by atoms with E-state index in [-0.39, 0.29) is 0 Å².